The average molecular weight is 180 g/mol. The van der Waals surface area contributed by atoms with Crippen LogP contribution in [0, 0.1) is 18.2 Å². The fourth-order valence-electron chi connectivity index (χ4n) is 0.920. The fraction of sp³-hybridized carbons (Fsp3) is 0.200. The molecule has 62 valence electrons. The molecule has 0 aromatic heterocycles. The number of terminal acetylenes is 1. The lowest BCUT2D eigenvalue weighted by Gasteiger charge is -2.02. The van der Waals surface area contributed by atoms with Crippen LogP contribution in [0.4, 0.5) is 4.39 Å². The zero-order chi connectivity index (χ0) is 8.97. The monoisotopic (exact) mass is 180 g/mol. The molecule has 0 atom stereocenters. The minimum atomic E-state index is -0.309. The third-order valence-corrected chi connectivity index (χ3v) is 2.36. The molecule has 1 aromatic rings. The summed E-state index contributed by atoms with van der Waals surface area (Å²) in [5, 5.41) is 0. The van der Waals surface area contributed by atoms with Crippen molar-refractivity contribution in [1.82, 2.24) is 0 Å². The maximum atomic E-state index is 13.0. The predicted molar refractivity (Wildman–Crippen MR) is 50.7 cm³/mol. The second-order valence-electron chi connectivity index (χ2n) is 2.19. The zero-order valence-corrected chi connectivity index (χ0v) is 7.62. The summed E-state index contributed by atoms with van der Waals surface area (Å²) in [5.41, 5.74) is 0.379. The van der Waals surface area contributed by atoms with Crippen LogP contribution >= 0.6 is 11.8 Å². The third kappa shape index (κ3) is 1.80. The van der Waals surface area contributed by atoms with Crippen molar-refractivity contribution in [3.63, 3.8) is 0 Å². The summed E-state index contributed by atoms with van der Waals surface area (Å²) in [6, 6.07) is 4.90. The summed E-state index contributed by atoms with van der Waals surface area (Å²) in [6.07, 6.45) is 5.18. The maximum absolute atomic E-state index is 13.0. The highest BCUT2D eigenvalue weighted by molar-refractivity contribution is 7.99. The number of rotatable bonds is 2. The first-order valence-corrected chi connectivity index (χ1v) is 4.66. The molecule has 0 spiro atoms. The minimum Gasteiger partial charge on any atom is -0.206 e. The SMILES string of the molecule is C#Cc1c(F)cccc1SCC. The lowest BCUT2D eigenvalue weighted by molar-refractivity contribution is 0.620. The topological polar surface area (TPSA) is 0 Å². The van der Waals surface area contributed by atoms with E-state index in [0.717, 1.165) is 10.6 Å². The molecule has 0 heterocycles. The van der Waals surface area contributed by atoms with Crippen molar-refractivity contribution in [2.24, 2.45) is 0 Å². The van der Waals surface area contributed by atoms with Crippen molar-refractivity contribution >= 4 is 11.8 Å². The Balaban J connectivity index is 3.11. The fourth-order valence-corrected chi connectivity index (χ4v) is 1.71. The van der Waals surface area contributed by atoms with E-state index in [0.29, 0.717) is 5.56 Å². The number of hydrogen-bond donors (Lipinski definition) is 0. The molecule has 0 saturated carbocycles. The van der Waals surface area contributed by atoms with Gasteiger partial charge in [0.2, 0.25) is 0 Å². The molecule has 0 unspecified atom stereocenters. The first-order chi connectivity index (χ1) is 5.79. The highest BCUT2D eigenvalue weighted by atomic mass is 32.2. The summed E-state index contributed by atoms with van der Waals surface area (Å²) in [7, 11) is 0. The normalized spacial score (nSPS) is 9.42. The van der Waals surface area contributed by atoms with Crippen LogP contribution in [-0.2, 0) is 0 Å². The minimum absolute atomic E-state index is 0.309. The van der Waals surface area contributed by atoms with Gasteiger partial charge in [-0.05, 0) is 17.9 Å². The molecule has 2 heteroatoms. The van der Waals surface area contributed by atoms with E-state index in [1.165, 1.54) is 6.07 Å². The molecular weight excluding hydrogens is 171 g/mol. The van der Waals surface area contributed by atoms with Crippen molar-refractivity contribution in [3.8, 4) is 12.3 Å². The van der Waals surface area contributed by atoms with Gasteiger partial charge < -0.3 is 0 Å². The van der Waals surface area contributed by atoms with E-state index in [1.807, 2.05) is 13.0 Å². The number of hydrogen-bond acceptors (Lipinski definition) is 1. The van der Waals surface area contributed by atoms with E-state index in [9.17, 15) is 4.39 Å². The number of halogens is 1. The quantitative estimate of drug-likeness (QED) is 0.498. The van der Waals surface area contributed by atoms with Crippen LogP contribution < -0.4 is 0 Å². The van der Waals surface area contributed by atoms with Gasteiger partial charge in [0.1, 0.15) is 5.82 Å². The first kappa shape index (κ1) is 9.15. The number of thioether (sulfide) groups is 1. The standard InChI is InChI=1S/C10H9FS/c1-3-8-9(11)6-5-7-10(8)12-4-2/h1,5-7H,4H2,2H3. The molecule has 0 aliphatic carbocycles. The van der Waals surface area contributed by atoms with Crippen LogP contribution in [0.1, 0.15) is 12.5 Å². The molecule has 0 saturated heterocycles. The van der Waals surface area contributed by atoms with Gasteiger partial charge in [-0.15, -0.1) is 18.2 Å². The van der Waals surface area contributed by atoms with Gasteiger partial charge in [0, 0.05) is 4.90 Å². The van der Waals surface area contributed by atoms with Crippen LogP contribution in [0.3, 0.4) is 0 Å². The zero-order valence-electron chi connectivity index (χ0n) is 6.80. The van der Waals surface area contributed by atoms with Crippen LogP contribution in [0.2, 0.25) is 0 Å². The maximum Gasteiger partial charge on any atom is 0.139 e. The Labute approximate surface area is 76.2 Å². The molecule has 0 aliphatic heterocycles. The van der Waals surface area contributed by atoms with Crippen LogP contribution in [0.5, 0.6) is 0 Å². The van der Waals surface area contributed by atoms with Crippen molar-refractivity contribution in [2.45, 2.75) is 11.8 Å². The third-order valence-electron chi connectivity index (χ3n) is 1.42. The lowest BCUT2D eigenvalue weighted by Crippen LogP contribution is -1.86. The van der Waals surface area contributed by atoms with Crippen LogP contribution in [0.25, 0.3) is 0 Å². The average Bonchev–Trinajstić information content (AvgIpc) is 2.05. The summed E-state index contributed by atoms with van der Waals surface area (Å²) in [5.74, 6) is 2.94. The lowest BCUT2D eigenvalue weighted by atomic mass is 10.2. The molecule has 0 amide bonds. The van der Waals surface area contributed by atoms with Crippen LogP contribution in [-0.4, -0.2) is 5.75 Å². The van der Waals surface area contributed by atoms with Gasteiger partial charge in [0.25, 0.3) is 0 Å². The highest BCUT2D eigenvalue weighted by Gasteiger charge is 2.04. The Morgan fingerprint density at radius 1 is 1.58 bits per heavy atom. The largest absolute Gasteiger partial charge is 0.206 e. The molecule has 1 aromatic carbocycles. The van der Waals surface area contributed by atoms with Crippen molar-refractivity contribution < 1.29 is 4.39 Å². The van der Waals surface area contributed by atoms with Crippen molar-refractivity contribution in [1.29, 1.82) is 0 Å². The van der Waals surface area contributed by atoms with Crippen molar-refractivity contribution in [2.75, 3.05) is 5.75 Å². The van der Waals surface area contributed by atoms with Gasteiger partial charge in [-0.1, -0.05) is 18.9 Å². The van der Waals surface area contributed by atoms with Gasteiger partial charge in [0.15, 0.2) is 0 Å². The van der Waals surface area contributed by atoms with Gasteiger partial charge in [-0.3, -0.25) is 0 Å². The molecule has 0 nitrogen and oxygen atoms in total. The molecule has 1 rings (SSSR count). The van der Waals surface area contributed by atoms with Gasteiger partial charge in [-0.25, -0.2) is 4.39 Å². The molecule has 0 bridgehead atoms. The molecular formula is C10H9FS. The van der Waals surface area contributed by atoms with Gasteiger partial charge in [-0.2, -0.15) is 0 Å². The summed E-state index contributed by atoms with van der Waals surface area (Å²) >= 11 is 1.56. The second-order valence-corrected chi connectivity index (χ2v) is 3.50. The predicted octanol–water partition coefficient (Wildman–Crippen LogP) is 2.92. The van der Waals surface area contributed by atoms with E-state index in [2.05, 4.69) is 5.92 Å². The van der Waals surface area contributed by atoms with Gasteiger partial charge in [0.05, 0.1) is 5.56 Å². The number of benzene rings is 1. The summed E-state index contributed by atoms with van der Waals surface area (Å²) < 4.78 is 13.0. The van der Waals surface area contributed by atoms with E-state index in [1.54, 1.807) is 17.8 Å². The Hall–Kier alpha value is -0.940. The summed E-state index contributed by atoms with van der Waals surface area (Å²) in [4.78, 5) is 0.847. The Kier molecular flexibility index (Phi) is 3.19. The first-order valence-electron chi connectivity index (χ1n) is 3.67. The molecule has 0 N–H and O–H groups in total. The Bertz CT molecular complexity index is 312. The Morgan fingerprint density at radius 3 is 2.92 bits per heavy atom. The van der Waals surface area contributed by atoms with E-state index >= 15 is 0 Å². The highest BCUT2D eigenvalue weighted by Crippen LogP contribution is 2.23. The molecule has 0 radical (unpaired) electrons. The summed E-state index contributed by atoms with van der Waals surface area (Å²) in [6.45, 7) is 2.01. The molecule has 0 fully saturated rings. The Morgan fingerprint density at radius 2 is 2.33 bits per heavy atom. The second kappa shape index (κ2) is 4.18. The smallest absolute Gasteiger partial charge is 0.139 e. The van der Waals surface area contributed by atoms with Crippen molar-refractivity contribution in [3.05, 3.63) is 29.6 Å². The van der Waals surface area contributed by atoms with Gasteiger partial charge >= 0.3 is 0 Å². The van der Waals surface area contributed by atoms with E-state index in [-0.39, 0.29) is 5.82 Å². The molecule has 0 aliphatic rings. The van der Waals surface area contributed by atoms with Crippen LogP contribution in [0.15, 0.2) is 23.1 Å². The van der Waals surface area contributed by atoms with E-state index in [4.69, 9.17) is 6.42 Å². The molecule has 12 heavy (non-hydrogen) atoms. The van der Waals surface area contributed by atoms with E-state index < -0.39 is 0 Å².